The maximum absolute atomic E-state index is 13.6. The highest BCUT2D eigenvalue weighted by Crippen LogP contribution is 2.20. The average Bonchev–Trinajstić information content (AvgIpc) is 2.43. The lowest BCUT2D eigenvalue weighted by molar-refractivity contribution is -0.114. The van der Waals surface area contributed by atoms with Crippen molar-refractivity contribution in [1.82, 2.24) is 0 Å². The maximum atomic E-state index is 13.6. The minimum Gasteiger partial charge on any atom is -0.374 e. The summed E-state index contributed by atoms with van der Waals surface area (Å²) in [7, 11) is 0. The van der Waals surface area contributed by atoms with Crippen molar-refractivity contribution in [3.8, 4) is 0 Å². The van der Waals surface area contributed by atoms with Crippen molar-refractivity contribution in [3.05, 3.63) is 57.8 Å². The van der Waals surface area contributed by atoms with Crippen LogP contribution in [0.4, 0.5) is 15.8 Å². The van der Waals surface area contributed by atoms with Crippen LogP contribution in [-0.4, -0.2) is 12.5 Å². The van der Waals surface area contributed by atoms with Gasteiger partial charge in [0.25, 0.3) is 0 Å². The number of carbonyl (C=O) groups excluding carboxylic acids is 1. The molecule has 5 heteroatoms. The minimum absolute atomic E-state index is 0.00589. The summed E-state index contributed by atoms with van der Waals surface area (Å²) in [5.41, 5.74) is 3.22. The number of rotatable bonds is 4. The number of amides is 1. The van der Waals surface area contributed by atoms with Gasteiger partial charge < -0.3 is 10.6 Å². The van der Waals surface area contributed by atoms with E-state index in [1.807, 2.05) is 32.0 Å². The lowest BCUT2D eigenvalue weighted by Crippen LogP contribution is -2.22. The number of hydrogen-bond donors (Lipinski definition) is 2. The van der Waals surface area contributed by atoms with Gasteiger partial charge in [-0.05, 0) is 49.2 Å². The van der Waals surface area contributed by atoms with Crippen LogP contribution in [0.5, 0.6) is 0 Å². The molecule has 2 N–H and O–H groups in total. The molecule has 0 aliphatic rings. The van der Waals surface area contributed by atoms with E-state index in [2.05, 4.69) is 26.6 Å². The smallest absolute Gasteiger partial charge is 0.243 e. The van der Waals surface area contributed by atoms with Crippen molar-refractivity contribution in [2.45, 2.75) is 13.8 Å². The Morgan fingerprint density at radius 3 is 2.67 bits per heavy atom. The van der Waals surface area contributed by atoms with Gasteiger partial charge in [0, 0.05) is 10.2 Å². The van der Waals surface area contributed by atoms with Crippen molar-refractivity contribution in [1.29, 1.82) is 0 Å². The SMILES string of the molecule is Cc1cccc(NC(=O)CNc2ccc(Br)cc2F)c1C. The van der Waals surface area contributed by atoms with Gasteiger partial charge in [0.1, 0.15) is 5.82 Å². The van der Waals surface area contributed by atoms with E-state index in [4.69, 9.17) is 0 Å². The summed E-state index contributed by atoms with van der Waals surface area (Å²) in [6.45, 7) is 3.94. The lowest BCUT2D eigenvalue weighted by atomic mass is 10.1. The Morgan fingerprint density at radius 1 is 1.19 bits per heavy atom. The number of carbonyl (C=O) groups is 1. The van der Waals surface area contributed by atoms with Crippen LogP contribution < -0.4 is 10.6 Å². The highest BCUT2D eigenvalue weighted by atomic mass is 79.9. The average molecular weight is 351 g/mol. The number of anilines is 2. The van der Waals surface area contributed by atoms with E-state index in [0.29, 0.717) is 10.2 Å². The molecule has 0 atom stereocenters. The second-order valence-electron chi connectivity index (χ2n) is 4.77. The number of nitrogens with one attached hydrogen (secondary N) is 2. The number of halogens is 2. The molecule has 0 saturated heterocycles. The van der Waals surface area contributed by atoms with Crippen LogP contribution in [0.25, 0.3) is 0 Å². The van der Waals surface area contributed by atoms with E-state index in [9.17, 15) is 9.18 Å². The van der Waals surface area contributed by atoms with Crippen LogP contribution >= 0.6 is 15.9 Å². The monoisotopic (exact) mass is 350 g/mol. The Morgan fingerprint density at radius 2 is 1.95 bits per heavy atom. The van der Waals surface area contributed by atoms with Gasteiger partial charge in [-0.25, -0.2) is 4.39 Å². The Bertz CT molecular complexity index is 673. The Hall–Kier alpha value is -1.88. The fraction of sp³-hybridized carbons (Fsp3) is 0.188. The highest BCUT2D eigenvalue weighted by Gasteiger charge is 2.08. The summed E-state index contributed by atoms with van der Waals surface area (Å²) in [6.07, 6.45) is 0. The predicted molar refractivity (Wildman–Crippen MR) is 87.1 cm³/mol. The molecule has 1 amide bonds. The highest BCUT2D eigenvalue weighted by molar-refractivity contribution is 9.10. The molecule has 110 valence electrons. The Balaban J connectivity index is 1.97. The summed E-state index contributed by atoms with van der Waals surface area (Å²) >= 11 is 3.19. The van der Waals surface area contributed by atoms with Crippen molar-refractivity contribution < 1.29 is 9.18 Å². The van der Waals surface area contributed by atoms with Crippen molar-refractivity contribution >= 4 is 33.2 Å². The van der Waals surface area contributed by atoms with Gasteiger partial charge in [0.2, 0.25) is 5.91 Å². The number of benzene rings is 2. The zero-order chi connectivity index (χ0) is 15.4. The third kappa shape index (κ3) is 4.04. The molecular formula is C16H16BrFN2O. The second-order valence-corrected chi connectivity index (χ2v) is 5.69. The first kappa shape index (κ1) is 15.5. The largest absolute Gasteiger partial charge is 0.374 e. The Labute approximate surface area is 131 Å². The van der Waals surface area contributed by atoms with Crippen molar-refractivity contribution in [2.24, 2.45) is 0 Å². The summed E-state index contributed by atoms with van der Waals surface area (Å²) < 4.78 is 14.3. The van der Waals surface area contributed by atoms with Crippen LogP contribution in [0.15, 0.2) is 40.9 Å². The third-order valence-corrected chi connectivity index (χ3v) is 3.74. The molecule has 0 fully saturated rings. The van der Waals surface area contributed by atoms with Crippen molar-refractivity contribution in [3.63, 3.8) is 0 Å². The van der Waals surface area contributed by atoms with E-state index in [1.54, 1.807) is 12.1 Å². The quantitative estimate of drug-likeness (QED) is 0.864. The van der Waals surface area contributed by atoms with Gasteiger partial charge in [0.15, 0.2) is 0 Å². The number of hydrogen-bond acceptors (Lipinski definition) is 2. The molecular weight excluding hydrogens is 335 g/mol. The molecule has 2 aromatic carbocycles. The molecule has 0 aromatic heterocycles. The zero-order valence-corrected chi connectivity index (χ0v) is 13.4. The molecule has 0 aliphatic carbocycles. The van der Waals surface area contributed by atoms with E-state index in [1.165, 1.54) is 6.07 Å². The molecule has 2 aromatic rings. The van der Waals surface area contributed by atoms with Crippen LogP contribution in [0.3, 0.4) is 0 Å². The molecule has 0 saturated carbocycles. The normalized spacial score (nSPS) is 10.3. The summed E-state index contributed by atoms with van der Waals surface area (Å²) in [5, 5.41) is 5.61. The molecule has 0 bridgehead atoms. The van der Waals surface area contributed by atoms with Gasteiger partial charge in [-0.15, -0.1) is 0 Å². The topological polar surface area (TPSA) is 41.1 Å². The first-order valence-corrected chi connectivity index (χ1v) is 7.31. The third-order valence-electron chi connectivity index (χ3n) is 3.25. The molecule has 0 heterocycles. The van der Waals surface area contributed by atoms with Crippen LogP contribution in [0, 0.1) is 19.7 Å². The van der Waals surface area contributed by atoms with Crippen molar-refractivity contribution in [2.75, 3.05) is 17.2 Å². The standard InChI is InChI=1S/C16H16BrFN2O/c1-10-4-3-5-14(11(10)2)20-16(21)9-19-15-7-6-12(17)8-13(15)18/h3-8,19H,9H2,1-2H3,(H,20,21). The van der Waals surface area contributed by atoms with Gasteiger partial charge in [-0.1, -0.05) is 28.1 Å². The van der Waals surface area contributed by atoms with E-state index >= 15 is 0 Å². The van der Waals surface area contributed by atoms with Crippen LogP contribution in [0.1, 0.15) is 11.1 Å². The van der Waals surface area contributed by atoms with E-state index < -0.39 is 5.82 Å². The molecule has 0 aliphatic heterocycles. The van der Waals surface area contributed by atoms with Gasteiger partial charge in [0.05, 0.1) is 12.2 Å². The second kappa shape index (κ2) is 6.72. The summed E-state index contributed by atoms with van der Waals surface area (Å²) in [5.74, 6) is -0.616. The first-order valence-electron chi connectivity index (χ1n) is 6.52. The molecule has 0 unspecified atom stereocenters. The molecule has 0 radical (unpaired) electrons. The lowest BCUT2D eigenvalue weighted by Gasteiger charge is -2.11. The molecule has 0 spiro atoms. The molecule has 2 rings (SSSR count). The first-order chi connectivity index (χ1) is 9.97. The molecule has 3 nitrogen and oxygen atoms in total. The van der Waals surface area contributed by atoms with Crippen LogP contribution in [0.2, 0.25) is 0 Å². The number of aryl methyl sites for hydroxylation is 1. The minimum atomic E-state index is -0.399. The van der Waals surface area contributed by atoms with E-state index in [0.717, 1.165) is 16.8 Å². The predicted octanol–water partition coefficient (Wildman–Crippen LogP) is 4.26. The van der Waals surface area contributed by atoms with Gasteiger partial charge in [-0.3, -0.25) is 4.79 Å². The van der Waals surface area contributed by atoms with Crippen LogP contribution in [-0.2, 0) is 4.79 Å². The van der Waals surface area contributed by atoms with E-state index in [-0.39, 0.29) is 12.5 Å². The fourth-order valence-electron chi connectivity index (χ4n) is 1.89. The van der Waals surface area contributed by atoms with Gasteiger partial charge in [-0.2, -0.15) is 0 Å². The zero-order valence-electron chi connectivity index (χ0n) is 11.8. The summed E-state index contributed by atoms with van der Waals surface area (Å²) in [6, 6.07) is 10.4. The Kier molecular flexibility index (Phi) is 4.96. The fourth-order valence-corrected chi connectivity index (χ4v) is 2.22. The molecule has 21 heavy (non-hydrogen) atoms. The summed E-state index contributed by atoms with van der Waals surface area (Å²) in [4.78, 5) is 11.9. The van der Waals surface area contributed by atoms with Gasteiger partial charge >= 0.3 is 0 Å². The maximum Gasteiger partial charge on any atom is 0.243 e.